The maximum atomic E-state index is 10.5. The second-order valence-electron chi connectivity index (χ2n) is 3.63. The largest absolute Gasteiger partial charge is 0.375 e. The van der Waals surface area contributed by atoms with Crippen molar-refractivity contribution in [1.29, 1.82) is 0 Å². The van der Waals surface area contributed by atoms with E-state index in [4.69, 9.17) is 15.2 Å². The molecule has 0 aromatic rings. The van der Waals surface area contributed by atoms with Crippen molar-refractivity contribution < 1.29 is 14.3 Å². The van der Waals surface area contributed by atoms with Crippen LogP contribution in [0.25, 0.3) is 0 Å². The van der Waals surface area contributed by atoms with Crippen LogP contribution in [0.4, 0.5) is 0 Å². The molecule has 1 fully saturated rings. The molecule has 13 heavy (non-hydrogen) atoms. The van der Waals surface area contributed by atoms with Gasteiger partial charge in [0.15, 0.2) is 0 Å². The molecule has 4 heteroatoms. The zero-order valence-electron chi connectivity index (χ0n) is 8.16. The van der Waals surface area contributed by atoms with Crippen LogP contribution in [0.2, 0.25) is 0 Å². The first-order valence-corrected chi connectivity index (χ1v) is 4.63. The Labute approximate surface area is 78.4 Å². The fraction of sp³-hybridized carbons (Fsp3) is 0.889. The van der Waals surface area contributed by atoms with Crippen molar-refractivity contribution in [3.63, 3.8) is 0 Å². The number of ether oxygens (including phenoxy) is 2. The van der Waals surface area contributed by atoms with Crippen LogP contribution in [0.5, 0.6) is 0 Å². The minimum atomic E-state index is -0.410. The fourth-order valence-corrected chi connectivity index (χ4v) is 1.68. The maximum Gasteiger partial charge on any atom is 0.243 e. The van der Waals surface area contributed by atoms with E-state index in [0.717, 1.165) is 12.8 Å². The van der Waals surface area contributed by atoms with E-state index in [2.05, 4.69) is 0 Å². The van der Waals surface area contributed by atoms with Gasteiger partial charge in [-0.15, -0.1) is 0 Å². The van der Waals surface area contributed by atoms with Gasteiger partial charge in [-0.2, -0.15) is 0 Å². The van der Waals surface area contributed by atoms with Gasteiger partial charge in [-0.05, 0) is 26.7 Å². The number of rotatable bonds is 3. The van der Waals surface area contributed by atoms with Crippen molar-refractivity contribution in [3.05, 3.63) is 0 Å². The highest BCUT2D eigenvalue weighted by Crippen LogP contribution is 2.21. The number of carbonyl (C=O) groups excluding carboxylic acids is 1. The zero-order chi connectivity index (χ0) is 9.84. The van der Waals surface area contributed by atoms with Gasteiger partial charge in [-0.1, -0.05) is 0 Å². The lowest BCUT2D eigenvalue weighted by molar-refractivity contribution is -0.133. The predicted octanol–water partition coefficient (Wildman–Crippen LogP) is 0.444. The number of nitrogens with two attached hydrogens (primary N) is 1. The molecule has 1 heterocycles. The van der Waals surface area contributed by atoms with Gasteiger partial charge in [-0.3, -0.25) is 4.79 Å². The molecule has 4 nitrogen and oxygen atoms in total. The Morgan fingerprint density at radius 1 is 1.46 bits per heavy atom. The summed E-state index contributed by atoms with van der Waals surface area (Å²) in [5.41, 5.74) is 4.98. The van der Waals surface area contributed by atoms with Gasteiger partial charge in [0.2, 0.25) is 5.91 Å². The van der Waals surface area contributed by atoms with E-state index < -0.39 is 5.91 Å². The molecular formula is C9H17NO3. The third-order valence-electron chi connectivity index (χ3n) is 2.12. The highest BCUT2D eigenvalue weighted by Gasteiger charge is 2.24. The summed E-state index contributed by atoms with van der Waals surface area (Å²) in [7, 11) is 0. The highest BCUT2D eigenvalue weighted by atomic mass is 16.5. The van der Waals surface area contributed by atoms with Gasteiger partial charge in [0.05, 0.1) is 18.3 Å². The van der Waals surface area contributed by atoms with Crippen molar-refractivity contribution in [1.82, 2.24) is 0 Å². The van der Waals surface area contributed by atoms with Crippen molar-refractivity contribution >= 4 is 5.91 Å². The molecule has 2 atom stereocenters. The van der Waals surface area contributed by atoms with E-state index in [1.807, 2.05) is 13.8 Å². The van der Waals surface area contributed by atoms with Crippen LogP contribution in [0.3, 0.4) is 0 Å². The molecular weight excluding hydrogens is 170 g/mol. The van der Waals surface area contributed by atoms with E-state index >= 15 is 0 Å². The molecule has 76 valence electrons. The van der Waals surface area contributed by atoms with Crippen LogP contribution < -0.4 is 5.73 Å². The Bertz CT molecular complexity index is 174. The van der Waals surface area contributed by atoms with Gasteiger partial charge in [-0.25, -0.2) is 0 Å². The van der Waals surface area contributed by atoms with Crippen molar-refractivity contribution in [3.8, 4) is 0 Å². The maximum absolute atomic E-state index is 10.5. The minimum absolute atomic E-state index is 0.0180. The second kappa shape index (κ2) is 4.58. The SMILES string of the molecule is CC1CC(OCC(N)=O)CC(C)O1. The lowest BCUT2D eigenvalue weighted by atomic mass is 10.0. The standard InChI is InChI=1S/C9H17NO3/c1-6-3-8(4-7(2)13-6)12-5-9(10)11/h6-8H,3-5H2,1-2H3,(H2,10,11). The molecule has 1 amide bonds. The molecule has 0 aromatic heterocycles. The van der Waals surface area contributed by atoms with Gasteiger partial charge >= 0.3 is 0 Å². The Morgan fingerprint density at radius 2 is 2.00 bits per heavy atom. The molecule has 0 aromatic carbocycles. The van der Waals surface area contributed by atoms with Crippen LogP contribution >= 0.6 is 0 Å². The Balaban J connectivity index is 2.28. The van der Waals surface area contributed by atoms with E-state index in [0.29, 0.717) is 0 Å². The normalized spacial score (nSPS) is 34.5. The fourth-order valence-electron chi connectivity index (χ4n) is 1.68. The van der Waals surface area contributed by atoms with E-state index in [-0.39, 0.29) is 24.9 Å². The van der Waals surface area contributed by atoms with Crippen LogP contribution in [0.15, 0.2) is 0 Å². The Hall–Kier alpha value is -0.610. The summed E-state index contributed by atoms with van der Waals surface area (Å²) in [4.78, 5) is 10.5. The molecule has 1 rings (SSSR count). The van der Waals surface area contributed by atoms with Gasteiger partial charge in [0.25, 0.3) is 0 Å². The van der Waals surface area contributed by atoms with Crippen molar-refractivity contribution in [2.45, 2.75) is 45.0 Å². The Kier molecular flexibility index (Phi) is 3.69. The molecule has 2 N–H and O–H groups in total. The number of primary amides is 1. The molecule has 1 saturated heterocycles. The number of hydrogen-bond donors (Lipinski definition) is 1. The van der Waals surface area contributed by atoms with Crippen LogP contribution in [0.1, 0.15) is 26.7 Å². The summed E-state index contributed by atoms with van der Waals surface area (Å²) in [5.74, 6) is -0.410. The first-order valence-electron chi connectivity index (χ1n) is 4.63. The van der Waals surface area contributed by atoms with Gasteiger partial charge < -0.3 is 15.2 Å². The second-order valence-corrected chi connectivity index (χ2v) is 3.63. The minimum Gasteiger partial charge on any atom is -0.375 e. The molecule has 0 saturated carbocycles. The average Bonchev–Trinajstić information content (AvgIpc) is 1.99. The van der Waals surface area contributed by atoms with Crippen molar-refractivity contribution in [2.24, 2.45) is 5.73 Å². The van der Waals surface area contributed by atoms with E-state index in [1.165, 1.54) is 0 Å². The van der Waals surface area contributed by atoms with Gasteiger partial charge in [0.1, 0.15) is 6.61 Å². The summed E-state index contributed by atoms with van der Waals surface area (Å²) >= 11 is 0. The van der Waals surface area contributed by atoms with Crippen molar-refractivity contribution in [2.75, 3.05) is 6.61 Å². The average molecular weight is 187 g/mol. The molecule has 1 aliphatic heterocycles. The third-order valence-corrected chi connectivity index (χ3v) is 2.12. The highest BCUT2D eigenvalue weighted by molar-refractivity contribution is 5.75. The lowest BCUT2D eigenvalue weighted by Gasteiger charge is -2.31. The lowest BCUT2D eigenvalue weighted by Crippen LogP contribution is -2.35. The smallest absolute Gasteiger partial charge is 0.243 e. The first-order chi connectivity index (χ1) is 6.08. The van der Waals surface area contributed by atoms with Crippen LogP contribution in [0, 0.1) is 0 Å². The first kappa shape index (κ1) is 10.5. The molecule has 1 aliphatic rings. The number of amides is 1. The molecule has 0 aliphatic carbocycles. The summed E-state index contributed by atoms with van der Waals surface area (Å²) in [6.07, 6.45) is 2.23. The molecule has 0 spiro atoms. The quantitative estimate of drug-likeness (QED) is 0.697. The summed E-state index contributed by atoms with van der Waals surface area (Å²) in [6.45, 7) is 4.04. The third kappa shape index (κ3) is 3.74. The Morgan fingerprint density at radius 3 is 2.46 bits per heavy atom. The van der Waals surface area contributed by atoms with E-state index in [9.17, 15) is 4.79 Å². The summed E-state index contributed by atoms with van der Waals surface area (Å²) in [6, 6.07) is 0. The summed E-state index contributed by atoms with van der Waals surface area (Å²) < 4.78 is 10.9. The van der Waals surface area contributed by atoms with Crippen LogP contribution in [-0.2, 0) is 14.3 Å². The number of carbonyl (C=O) groups is 1. The predicted molar refractivity (Wildman–Crippen MR) is 48.2 cm³/mol. The van der Waals surface area contributed by atoms with Crippen LogP contribution in [-0.4, -0.2) is 30.8 Å². The topological polar surface area (TPSA) is 61.5 Å². The zero-order valence-corrected chi connectivity index (χ0v) is 8.16. The monoisotopic (exact) mass is 187 g/mol. The summed E-state index contributed by atoms with van der Waals surface area (Å²) in [5, 5.41) is 0. The molecule has 2 unspecified atom stereocenters. The number of hydrogen-bond acceptors (Lipinski definition) is 3. The molecule has 0 bridgehead atoms. The van der Waals surface area contributed by atoms with Gasteiger partial charge in [0, 0.05) is 0 Å². The molecule has 0 radical (unpaired) electrons. The van der Waals surface area contributed by atoms with E-state index in [1.54, 1.807) is 0 Å².